The van der Waals surface area contributed by atoms with Gasteiger partial charge in [-0.3, -0.25) is 0 Å². The molecule has 5 heteroatoms. The molecular weight excluding hydrogens is 367 g/mol. The van der Waals surface area contributed by atoms with Crippen molar-refractivity contribution in [2.24, 2.45) is 0 Å². The average molecular weight is 396 g/mol. The first-order valence-electron chi connectivity index (χ1n) is 9.51. The Morgan fingerprint density at radius 3 is 1.18 bits per heavy atom. The van der Waals surface area contributed by atoms with E-state index >= 15 is 0 Å². The summed E-state index contributed by atoms with van der Waals surface area (Å²) in [5.74, 6) is 0.745. The lowest BCUT2D eigenvalue weighted by Crippen LogP contribution is -2.26. The van der Waals surface area contributed by atoms with E-state index in [1.54, 1.807) is 30.1 Å². The molecule has 0 unspecified atom stereocenters. The molecule has 148 valence electrons. The zero-order valence-corrected chi connectivity index (χ0v) is 19.0. The first kappa shape index (κ1) is 22.2. The second-order valence-corrected chi connectivity index (χ2v) is 10.6. The van der Waals surface area contributed by atoms with Crippen LogP contribution in [0.2, 0.25) is 5.79 Å². The van der Waals surface area contributed by atoms with Crippen molar-refractivity contribution in [2.45, 2.75) is 58.2 Å². The van der Waals surface area contributed by atoms with E-state index in [0.29, 0.717) is 11.1 Å². The van der Waals surface area contributed by atoms with E-state index in [-0.39, 0.29) is 10.8 Å². The van der Waals surface area contributed by atoms with E-state index in [4.69, 9.17) is 7.58 Å². The SMILES string of the molecule is [CH3][Al]([O]C(=O)c1ccc(C(C)(C)C)cc1)[O]C(=O)c1ccc(C(C)(C)C)cc1. The number of rotatable bonds is 4. The number of carbonyl (C=O) groups is 2. The van der Waals surface area contributed by atoms with Crippen molar-refractivity contribution in [3.8, 4) is 0 Å². The second-order valence-electron chi connectivity index (χ2n) is 9.03. The minimum absolute atomic E-state index is 0.0164. The largest absolute Gasteiger partial charge is 0.857 e. The van der Waals surface area contributed by atoms with Gasteiger partial charge in [-0.05, 0) is 52.0 Å². The fraction of sp³-hybridized carbons (Fsp3) is 0.391. The minimum atomic E-state index is -2.45. The predicted molar refractivity (Wildman–Crippen MR) is 113 cm³/mol. The predicted octanol–water partition coefficient (Wildman–Crippen LogP) is 5.41. The van der Waals surface area contributed by atoms with Gasteiger partial charge >= 0.3 is 26.8 Å². The van der Waals surface area contributed by atoms with Gasteiger partial charge in [0.15, 0.2) is 0 Å². The Balaban J connectivity index is 1.96. The fourth-order valence-corrected chi connectivity index (χ4v) is 3.60. The van der Waals surface area contributed by atoms with Gasteiger partial charge in [-0.25, -0.2) is 9.59 Å². The number of hydrogen-bond donors (Lipinski definition) is 0. The van der Waals surface area contributed by atoms with Crippen LogP contribution in [0, 0.1) is 0 Å². The maximum atomic E-state index is 12.3. The average Bonchev–Trinajstić information content (AvgIpc) is 2.60. The number of carbonyl (C=O) groups excluding carboxylic acids is 2. The van der Waals surface area contributed by atoms with E-state index in [1.165, 1.54) is 0 Å². The highest BCUT2D eigenvalue weighted by Gasteiger charge is 2.30. The molecule has 0 saturated carbocycles. The summed E-state index contributed by atoms with van der Waals surface area (Å²) < 4.78 is 10.8. The molecule has 2 aromatic rings. The molecule has 0 bridgehead atoms. The molecule has 0 N–H and O–H groups in total. The molecule has 2 rings (SSSR count). The Morgan fingerprint density at radius 1 is 0.643 bits per heavy atom. The lowest BCUT2D eigenvalue weighted by molar-refractivity contribution is 0.0608. The molecule has 0 saturated heterocycles. The van der Waals surface area contributed by atoms with Crippen molar-refractivity contribution >= 4 is 26.8 Å². The molecule has 0 aromatic heterocycles. The van der Waals surface area contributed by atoms with Crippen LogP contribution in [0.4, 0.5) is 0 Å². The highest BCUT2D eigenvalue weighted by atomic mass is 27.2. The molecule has 2 aromatic carbocycles. The van der Waals surface area contributed by atoms with Gasteiger partial charge in [0.05, 0.1) is 11.1 Å². The lowest BCUT2D eigenvalue weighted by atomic mass is 9.87. The summed E-state index contributed by atoms with van der Waals surface area (Å²) in [6.07, 6.45) is 0. The molecule has 0 fully saturated rings. The van der Waals surface area contributed by atoms with Gasteiger partial charge in [-0.1, -0.05) is 65.8 Å². The van der Waals surface area contributed by atoms with Gasteiger partial charge in [-0.15, -0.1) is 0 Å². The van der Waals surface area contributed by atoms with Gasteiger partial charge in [0.25, 0.3) is 0 Å². The Labute approximate surface area is 172 Å². The molecule has 0 heterocycles. The Kier molecular flexibility index (Phi) is 6.75. The van der Waals surface area contributed by atoms with Crippen LogP contribution >= 0.6 is 0 Å². The molecule has 0 atom stereocenters. The van der Waals surface area contributed by atoms with Gasteiger partial charge in [0.2, 0.25) is 0 Å². The molecule has 0 spiro atoms. The van der Waals surface area contributed by atoms with Crippen LogP contribution in [-0.4, -0.2) is 26.8 Å². The van der Waals surface area contributed by atoms with Crippen molar-refractivity contribution in [3.63, 3.8) is 0 Å². The van der Waals surface area contributed by atoms with Crippen LogP contribution in [0.25, 0.3) is 0 Å². The molecule has 0 radical (unpaired) electrons. The van der Waals surface area contributed by atoms with Crippen LogP contribution < -0.4 is 0 Å². The molecule has 0 aliphatic rings. The lowest BCUT2D eigenvalue weighted by Gasteiger charge is -2.19. The highest BCUT2D eigenvalue weighted by Crippen LogP contribution is 2.23. The van der Waals surface area contributed by atoms with E-state index in [1.807, 2.05) is 24.3 Å². The zero-order valence-electron chi connectivity index (χ0n) is 17.8. The summed E-state index contributed by atoms with van der Waals surface area (Å²) in [5.41, 5.74) is 3.22. The van der Waals surface area contributed by atoms with E-state index in [0.717, 1.165) is 11.1 Å². The molecule has 0 amide bonds. The first-order chi connectivity index (χ1) is 12.9. The first-order valence-corrected chi connectivity index (χ1v) is 11.6. The van der Waals surface area contributed by atoms with Crippen LogP contribution in [0.3, 0.4) is 0 Å². The van der Waals surface area contributed by atoms with Crippen molar-refractivity contribution < 1.29 is 17.2 Å². The van der Waals surface area contributed by atoms with Crippen molar-refractivity contribution in [1.29, 1.82) is 0 Å². The summed E-state index contributed by atoms with van der Waals surface area (Å²) >= 11 is -2.45. The Hall–Kier alpha value is -2.09. The van der Waals surface area contributed by atoms with E-state index in [9.17, 15) is 9.59 Å². The zero-order chi connectivity index (χ0) is 21.1. The normalized spacial score (nSPS) is 11.7. The Morgan fingerprint density at radius 2 is 0.929 bits per heavy atom. The quantitative estimate of drug-likeness (QED) is 0.648. The second kappa shape index (κ2) is 8.51. The summed E-state index contributed by atoms with van der Waals surface area (Å²) in [6.45, 7) is 12.7. The standard InChI is InChI=1S/2C11H14O2.CH3.Al/c2*1-11(2,3)9-6-4-8(5-7-9)10(12)13;;/h2*4-7H,1-3H3,(H,12,13);1H3;/q;;;+2/p-2. The topological polar surface area (TPSA) is 52.6 Å². The van der Waals surface area contributed by atoms with E-state index in [2.05, 4.69) is 41.5 Å². The van der Waals surface area contributed by atoms with Crippen molar-refractivity contribution in [3.05, 3.63) is 70.8 Å². The maximum absolute atomic E-state index is 12.3. The molecule has 4 nitrogen and oxygen atoms in total. The van der Waals surface area contributed by atoms with Crippen LogP contribution in [-0.2, 0) is 18.4 Å². The molecule has 0 aliphatic heterocycles. The third kappa shape index (κ3) is 5.96. The van der Waals surface area contributed by atoms with Crippen LogP contribution in [0.5, 0.6) is 0 Å². The van der Waals surface area contributed by atoms with E-state index < -0.39 is 26.8 Å². The molecule has 0 aliphatic carbocycles. The van der Waals surface area contributed by atoms with Gasteiger partial charge in [-0.2, -0.15) is 0 Å². The highest BCUT2D eigenvalue weighted by molar-refractivity contribution is 6.48. The maximum Gasteiger partial charge on any atom is 0.857 e. The monoisotopic (exact) mass is 396 g/mol. The third-order valence-electron chi connectivity index (χ3n) is 4.52. The minimum Gasteiger partial charge on any atom is -0.582 e. The third-order valence-corrected chi connectivity index (χ3v) is 5.61. The van der Waals surface area contributed by atoms with Gasteiger partial charge < -0.3 is 7.58 Å². The Bertz CT molecular complexity index is 753. The van der Waals surface area contributed by atoms with Crippen molar-refractivity contribution in [1.82, 2.24) is 0 Å². The number of benzene rings is 2. The molecular formula is C23H29AlO4. The summed E-state index contributed by atoms with van der Waals surface area (Å²) in [5, 5.41) is 0. The fourth-order valence-electron chi connectivity index (χ4n) is 2.67. The molecule has 28 heavy (non-hydrogen) atoms. The number of hydrogen-bond acceptors (Lipinski definition) is 4. The van der Waals surface area contributed by atoms with Crippen molar-refractivity contribution in [2.75, 3.05) is 0 Å². The summed E-state index contributed by atoms with van der Waals surface area (Å²) in [7, 11) is 0. The summed E-state index contributed by atoms with van der Waals surface area (Å²) in [4.78, 5) is 24.6. The summed E-state index contributed by atoms with van der Waals surface area (Å²) in [6, 6.07) is 14.7. The van der Waals surface area contributed by atoms with Crippen LogP contribution in [0.15, 0.2) is 48.5 Å². The van der Waals surface area contributed by atoms with Crippen LogP contribution in [0.1, 0.15) is 73.4 Å². The van der Waals surface area contributed by atoms with Gasteiger partial charge in [0.1, 0.15) is 0 Å². The smallest absolute Gasteiger partial charge is 0.582 e. The van der Waals surface area contributed by atoms with Gasteiger partial charge in [0, 0.05) is 0 Å².